The summed E-state index contributed by atoms with van der Waals surface area (Å²) in [5.74, 6) is 0. The van der Waals surface area contributed by atoms with Gasteiger partial charge in [0.25, 0.3) is 0 Å². The van der Waals surface area contributed by atoms with Gasteiger partial charge in [0.05, 0.1) is 18.5 Å². The number of hydrogen-bond donors (Lipinski definition) is 0. The zero-order valence-electron chi connectivity index (χ0n) is 9.66. The van der Waals surface area contributed by atoms with E-state index in [1.807, 2.05) is 6.08 Å². The molecule has 0 aromatic rings. The quantitative estimate of drug-likeness (QED) is 0.661. The predicted octanol–water partition coefficient (Wildman–Crippen LogP) is 2.50. The fourth-order valence-corrected chi connectivity index (χ4v) is 1.75. The summed E-state index contributed by atoms with van der Waals surface area (Å²) in [6.07, 6.45) is 3.59. The molecule has 0 aromatic carbocycles. The van der Waals surface area contributed by atoms with Crippen molar-refractivity contribution in [3.8, 4) is 0 Å². The van der Waals surface area contributed by atoms with Crippen LogP contribution in [0, 0.1) is 0 Å². The molecule has 0 aliphatic carbocycles. The molecule has 0 N–H and O–H groups in total. The Bertz CT molecular complexity index is 264. The van der Waals surface area contributed by atoms with Crippen molar-refractivity contribution in [1.29, 1.82) is 0 Å². The first-order valence-electron chi connectivity index (χ1n) is 4.90. The lowest BCUT2D eigenvalue weighted by atomic mass is 10.2. The normalized spacial score (nSPS) is 16.8. The van der Waals surface area contributed by atoms with Gasteiger partial charge in [0.15, 0.2) is 8.32 Å². The molecule has 4 heteroatoms. The van der Waals surface area contributed by atoms with Crippen LogP contribution in [0.15, 0.2) is 16.9 Å². The fraction of sp³-hybridized carbons (Fsp3) is 0.700. The number of allylic oxidation sites excluding steroid dienone is 1. The van der Waals surface area contributed by atoms with Crippen LogP contribution in [0.4, 0.5) is 0 Å². The molecule has 0 fully saturated rings. The molecule has 14 heavy (non-hydrogen) atoms. The molecule has 1 aliphatic rings. The first kappa shape index (κ1) is 11.5. The van der Waals surface area contributed by atoms with Gasteiger partial charge < -0.3 is 4.43 Å². The van der Waals surface area contributed by atoms with Crippen molar-refractivity contribution < 1.29 is 4.43 Å². The molecule has 1 radical (unpaired) electrons. The van der Waals surface area contributed by atoms with E-state index in [-0.39, 0.29) is 5.04 Å². The van der Waals surface area contributed by atoms with Crippen LogP contribution in [0.2, 0.25) is 18.1 Å². The zero-order chi connectivity index (χ0) is 10.8. The zero-order valence-corrected chi connectivity index (χ0v) is 10.7. The highest BCUT2D eigenvalue weighted by Gasteiger charge is 2.37. The summed E-state index contributed by atoms with van der Waals surface area (Å²) in [6.45, 7) is 11.8. The van der Waals surface area contributed by atoms with E-state index in [9.17, 15) is 0 Å². The Hall–Kier alpha value is -0.613. The highest BCUT2D eigenvalue weighted by molar-refractivity contribution is 6.74. The van der Waals surface area contributed by atoms with E-state index in [2.05, 4.69) is 44.4 Å². The summed E-state index contributed by atoms with van der Waals surface area (Å²) >= 11 is 0. The smallest absolute Gasteiger partial charge is 0.192 e. The molecular weight excluding hydrogens is 192 g/mol. The van der Waals surface area contributed by atoms with Gasteiger partial charge in [-0.1, -0.05) is 20.8 Å². The molecular formula is C10H19N2OSi. The maximum Gasteiger partial charge on any atom is 0.192 e. The van der Waals surface area contributed by atoms with Crippen molar-refractivity contribution >= 4 is 14.5 Å². The fourth-order valence-electron chi connectivity index (χ4n) is 0.808. The van der Waals surface area contributed by atoms with E-state index >= 15 is 0 Å². The SMILES string of the molecule is CC(C)(C)[Si](C)(C)OCC1=CC=N[N]1. The van der Waals surface area contributed by atoms with E-state index in [1.165, 1.54) is 0 Å². The first-order valence-corrected chi connectivity index (χ1v) is 7.81. The summed E-state index contributed by atoms with van der Waals surface area (Å²) in [5, 5.41) is 4.03. The molecule has 0 saturated heterocycles. The molecule has 0 unspecified atom stereocenters. The maximum absolute atomic E-state index is 5.97. The molecule has 0 atom stereocenters. The van der Waals surface area contributed by atoms with Gasteiger partial charge >= 0.3 is 0 Å². The van der Waals surface area contributed by atoms with Gasteiger partial charge in [-0.2, -0.15) is 10.5 Å². The Morgan fingerprint density at radius 1 is 1.36 bits per heavy atom. The summed E-state index contributed by atoms with van der Waals surface area (Å²) in [4.78, 5) is 0. The van der Waals surface area contributed by atoms with Crippen LogP contribution < -0.4 is 5.43 Å². The van der Waals surface area contributed by atoms with Crippen molar-refractivity contribution in [2.45, 2.75) is 38.9 Å². The van der Waals surface area contributed by atoms with Crippen molar-refractivity contribution in [3.63, 3.8) is 0 Å². The van der Waals surface area contributed by atoms with E-state index in [0.717, 1.165) is 5.70 Å². The van der Waals surface area contributed by atoms with Crippen molar-refractivity contribution in [1.82, 2.24) is 5.43 Å². The lowest BCUT2D eigenvalue weighted by Gasteiger charge is -2.36. The van der Waals surface area contributed by atoms with Crippen LogP contribution in [0.1, 0.15) is 20.8 Å². The van der Waals surface area contributed by atoms with Crippen LogP contribution in [-0.4, -0.2) is 21.1 Å². The third-order valence-electron chi connectivity index (χ3n) is 2.91. The number of rotatable bonds is 3. The van der Waals surface area contributed by atoms with Crippen molar-refractivity contribution in [2.24, 2.45) is 5.10 Å². The second kappa shape index (κ2) is 3.86. The predicted molar refractivity (Wildman–Crippen MR) is 61.9 cm³/mol. The second-order valence-corrected chi connectivity index (χ2v) is 9.88. The van der Waals surface area contributed by atoms with Crippen LogP contribution >= 0.6 is 0 Å². The third kappa shape index (κ3) is 2.69. The minimum absolute atomic E-state index is 0.257. The molecule has 0 saturated carbocycles. The summed E-state index contributed by atoms with van der Waals surface area (Å²) in [7, 11) is -1.63. The van der Waals surface area contributed by atoms with E-state index < -0.39 is 8.32 Å². The lowest BCUT2D eigenvalue weighted by Crippen LogP contribution is -2.41. The average Bonchev–Trinajstić information content (AvgIpc) is 2.50. The molecule has 1 rings (SSSR count). The Balaban J connectivity index is 2.44. The van der Waals surface area contributed by atoms with Crippen LogP contribution in [0.3, 0.4) is 0 Å². The lowest BCUT2D eigenvalue weighted by molar-refractivity contribution is 0.311. The average molecular weight is 211 g/mol. The van der Waals surface area contributed by atoms with Gasteiger partial charge in [0.2, 0.25) is 0 Å². The standard InChI is InChI=1S/C10H19N2OSi/c1-10(2,3)14(4,5)13-8-9-6-7-11-12-9/h6-7H,8H2,1-5H3. The Labute approximate surface area is 87.4 Å². The van der Waals surface area contributed by atoms with Gasteiger partial charge in [-0.15, -0.1) is 0 Å². The minimum atomic E-state index is -1.63. The summed E-state index contributed by atoms with van der Waals surface area (Å²) in [5.41, 5.74) is 4.87. The first-order chi connectivity index (χ1) is 6.33. The van der Waals surface area contributed by atoms with Gasteiger partial charge in [-0.25, -0.2) is 0 Å². The molecule has 1 aliphatic heterocycles. The highest BCUT2D eigenvalue weighted by Crippen LogP contribution is 2.36. The van der Waals surface area contributed by atoms with Gasteiger partial charge in [0.1, 0.15) is 0 Å². The highest BCUT2D eigenvalue weighted by atomic mass is 28.4. The van der Waals surface area contributed by atoms with Crippen LogP contribution in [0.25, 0.3) is 0 Å². The largest absolute Gasteiger partial charge is 0.411 e. The minimum Gasteiger partial charge on any atom is -0.411 e. The van der Waals surface area contributed by atoms with Gasteiger partial charge in [0, 0.05) is 0 Å². The van der Waals surface area contributed by atoms with Crippen LogP contribution in [0.5, 0.6) is 0 Å². The Morgan fingerprint density at radius 2 is 2.00 bits per heavy atom. The monoisotopic (exact) mass is 211 g/mol. The molecule has 0 amide bonds. The van der Waals surface area contributed by atoms with E-state index in [4.69, 9.17) is 4.43 Å². The molecule has 0 aromatic heterocycles. The van der Waals surface area contributed by atoms with Gasteiger partial charge in [-0.3, -0.25) is 0 Å². The molecule has 1 heterocycles. The topological polar surface area (TPSA) is 35.7 Å². The molecule has 79 valence electrons. The van der Waals surface area contributed by atoms with E-state index in [0.29, 0.717) is 6.61 Å². The maximum atomic E-state index is 5.97. The Kier molecular flexibility index (Phi) is 3.16. The summed E-state index contributed by atoms with van der Waals surface area (Å²) in [6, 6.07) is 0. The Morgan fingerprint density at radius 3 is 2.43 bits per heavy atom. The summed E-state index contributed by atoms with van der Waals surface area (Å²) < 4.78 is 5.97. The third-order valence-corrected chi connectivity index (χ3v) is 7.39. The van der Waals surface area contributed by atoms with E-state index in [1.54, 1.807) is 6.21 Å². The molecule has 3 nitrogen and oxygen atoms in total. The van der Waals surface area contributed by atoms with Crippen molar-refractivity contribution in [3.05, 3.63) is 11.8 Å². The second-order valence-electron chi connectivity index (χ2n) is 5.07. The molecule has 0 spiro atoms. The molecule has 0 bridgehead atoms. The van der Waals surface area contributed by atoms with Crippen LogP contribution in [-0.2, 0) is 4.43 Å². The van der Waals surface area contributed by atoms with Crippen molar-refractivity contribution in [2.75, 3.05) is 6.61 Å². The number of nitrogens with zero attached hydrogens (tertiary/aromatic N) is 2. The number of hydrogen-bond acceptors (Lipinski definition) is 2. The van der Waals surface area contributed by atoms with Gasteiger partial charge in [-0.05, 0) is 24.2 Å².